The standard InChI is InChI=1S/C11H15N3/c1-8-7-9(13-14-12)5-6-10(8)11(2,3)4/h5-7H,1-4H3. The predicted octanol–water partition coefficient (Wildman–Crippen LogP) is 4.23. The van der Waals surface area contributed by atoms with Crippen molar-refractivity contribution in [3.8, 4) is 0 Å². The van der Waals surface area contributed by atoms with Crippen molar-refractivity contribution in [2.24, 2.45) is 5.11 Å². The number of rotatable bonds is 1. The summed E-state index contributed by atoms with van der Waals surface area (Å²) in [4.78, 5) is 2.76. The average molecular weight is 189 g/mol. The van der Waals surface area contributed by atoms with Crippen LogP contribution in [0, 0.1) is 6.92 Å². The van der Waals surface area contributed by atoms with Gasteiger partial charge in [-0.25, -0.2) is 0 Å². The summed E-state index contributed by atoms with van der Waals surface area (Å²) < 4.78 is 0. The Labute approximate surface area is 84.4 Å². The van der Waals surface area contributed by atoms with Crippen molar-refractivity contribution in [3.05, 3.63) is 39.8 Å². The Morgan fingerprint density at radius 1 is 1.29 bits per heavy atom. The van der Waals surface area contributed by atoms with Crippen molar-refractivity contribution in [1.29, 1.82) is 0 Å². The van der Waals surface area contributed by atoms with Crippen LogP contribution < -0.4 is 0 Å². The van der Waals surface area contributed by atoms with Crippen LogP contribution in [0.25, 0.3) is 10.4 Å². The molecule has 0 N–H and O–H groups in total. The summed E-state index contributed by atoms with van der Waals surface area (Å²) in [6, 6.07) is 5.80. The van der Waals surface area contributed by atoms with E-state index in [1.165, 1.54) is 11.1 Å². The minimum Gasteiger partial charge on any atom is -0.0608 e. The first kappa shape index (κ1) is 10.6. The van der Waals surface area contributed by atoms with E-state index in [1.807, 2.05) is 25.1 Å². The average Bonchev–Trinajstić information content (AvgIpc) is 2.02. The fourth-order valence-electron chi connectivity index (χ4n) is 1.60. The molecule has 0 unspecified atom stereocenters. The Kier molecular flexibility index (Phi) is 2.82. The third-order valence-electron chi connectivity index (χ3n) is 2.18. The highest BCUT2D eigenvalue weighted by molar-refractivity contribution is 5.45. The molecule has 0 bridgehead atoms. The number of nitrogens with zero attached hydrogens (tertiary/aromatic N) is 3. The van der Waals surface area contributed by atoms with Gasteiger partial charge in [-0.2, -0.15) is 0 Å². The lowest BCUT2D eigenvalue weighted by Gasteiger charge is -2.21. The first-order valence-electron chi connectivity index (χ1n) is 4.61. The highest BCUT2D eigenvalue weighted by Crippen LogP contribution is 2.28. The van der Waals surface area contributed by atoms with Gasteiger partial charge in [0.2, 0.25) is 0 Å². The molecule has 0 fully saturated rings. The molecule has 3 heteroatoms. The fourth-order valence-corrected chi connectivity index (χ4v) is 1.60. The van der Waals surface area contributed by atoms with Crippen LogP contribution in [0.2, 0.25) is 0 Å². The molecule has 14 heavy (non-hydrogen) atoms. The normalized spacial score (nSPS) is 10.9. The fraction of sp³-hybridized carbons (Fsp3) is 0.455. The zero-order valence-corrected chi connectivity index (χ0v) is 9.07. The molecule has 1 rings (SSSR count). The van der Waals surface area contributed by atoms with Crippen molar-refractivity contribution in [2.45, 2.75) is 33.1 Å². The minimum atomic E-state index is 0.138. The van der Waals surface area contributed by atoms with E-state index in [1.54, 1.807) is 0 Å². The van der Waals surface area contributed by atoms with Gasteiger partial charge < -0.3 is 0 Å². The molecule has 74 valence electrons. The third kappa shape index (κ3) is 2.27. The molecule has 0 aliphatic carbocycles. The van der Waals surface area contributed by atoms with Crippen LogP contribution >= 0.6 is 0 Å². The lowest BCUT2D eigenvalue weighted by atomic mass is 9.84. The third-order valence-corrected chi connectivity index (χ3v) is 2.18. The largest absolute Gasteiger partial charge is 0.0608 e. The van der Waals surface area contributed by atoms with Crippen LogP contribution in [0.15, 0.2) is 23.3 Å². The van der Waals surface area contributed by atoms with Crippen LogP contribution in [0.5, 0.6) is 0 Å². The molecule has 3 nitrogen and oxygen atoms in total. The summed E-state index contributed by atoms with van der Waals surface area (Å²) >= 11 is 0. The number of benzene rings is 1. The summed E-state index contributed by atoms with van der Waals surface area (Å²) in [7, 11) is 0. The molecule has 0 saturated carbocycles. The van der Waals surface area contributed by atoms with Crippen molar-refractivity contribution < 1.29 is 0 Å². The Morgan fingerprint density at radius 2 is 1.93 bits per heavy atom. The molecule has 0 aliphatic rings. The van der Waals surface area contributed by atoms with Crippen LogP contribution in [0.3, 0.4) is 0 Å². The molecular weight excluding hydrogens is 174 g/mol. The number of hydrogen-bond donors (Lipinski definition) is 0. The van der Waals surface area contributed by atoms with E-state index in [9.17, 15) is 0 Å². The first-order chi connectivity index (χ1) is 6.45. The van der Waals surface area contributed by atoms with Gasteiger partial charge in [0.05, 0.1) is 0 Å². The zero-order chi connectivity index (χ0) is 10.8. The maximum Gasteiger partial charge on any atom is 0.0378 e. The van der Waals surface area contributed by atoms with Gasteiger partial charge in [-0.05, 0) is 35.1 Å². The summed E-state index contributed by atoms with van der Waals surface area (Å²) in [6.45, 7) is 8.55. The Bertz CT molecular complexity index is 382. The molecule has 0 radical (unpaired) electrons. The molecule has 0 aromatic heterocycles. The quantitative estimate of drug-likeness (QED) is 0.360. The van der Waals surface area contributed by atoms with E-state index < -0.39 is 0 Å². The number of hydrogen-bond acceptors (Lipinski definition) is 1. The number of aryl methyl sites for hydroxylation is 1. The maximum absolute atomic E-state index is 8.30. The van der Waals surface area contributed by atoms with Crippen LogP contribution in [-0.4, -0.2) is 0 Å². The van der Waals surface area contributed by atoms with E-state index in [0.29, 0.717) is 5.69 Å². The number of azide groups is 1. The minimum absolute atomic E-state index is 0.138. The maximum atomic E-state index is 8.30. The van der Waals surface area contributed by atoms with E-state index in [-0.39, 0.29) is 5.41 Å². The van der Waals surface area contributed by atoms with Crippen LogP contribution in [0.1, 0.15) is 31.9 Å². The molecule has 0 saturated heterocycles. The second-order valence-electron chi connectivity index (χ2n) is 4.44. The predicted molar refractivity (Wildman–Crippen MR) is 58.7 cm³/mol. The van der Waals surface area contributed by atoms with Gasteiger partial charge in [0, 0.05) is 10.6 Å². The summed E-state index contributed by atoms with van der Waals surface area (Å²) in [5, 5.41) is 3.57. The lowest BCUT2D eigenvalue weighted by Crippen LogP contribution is -2.12. The lowest BCUT2D eigenvalue weighted by molar-refractivity contribution is 0.586. The highest BCUT2D eigenvalue weighted by Gasteiger charge is 2.15. The molecule has 0 amide bonds. The Morgan fingerprint density at radius 3 is 2.36 bits per heavy atom. The molecule has 0 heterocycles. The smallest absolute Gasteiger partial charge is 0.0378 e. The Hall–Kier alpha value is -1.47. The van der Waals surface area contributed by atoms with Crippen LogP contribution in [-0.2, 0) is 5.41 Å². The second-order valence-corrected chi connectivity index (χ2v) is 4.44. The van der Waals surface area contributed by atoms with E-state index in [2.05, 4.69) is 30.8 Å². The molecule has 0 atom stereocenters. The van der Waals surface area contributed by atoms with Crippen molar-refractivity contribution >= 4 is 5.69 Å². The highest BCUT2D eigenvalue weighted by atomic mass is 15.1. The molecule has 1 aromatic carbocycles. The Balaban J connectivity index is 3.20. The van der Waals surface area contributed by atoms with Gasteiger partial charge in [-0.15, -0.1) is 0 Å². The monoisotopic (exact) mass is 189 g/mol. The van der Waals surface area contributed by atoms with E-state index in [4.69, 9.17) is 5.53 Å². The SMILES string of the molecule is Cc1cc(N=[N+]=[N-])ccc1C(C)(C)C. The molecule has 0 spiro atoms. The topological polar surface area (TPSA) is 48.8 Å². The van der Waals surface area contributed by atoms with Crippen LogP contribution in [0.4, 0.5) is 5.69 Å². The first-order valence-corrected chi connectivity index (χ1v) is 4.61. The van der Waals surface area contributed by atoms with Gasteiger partial charge >= 0.3 is 0 Å². The van der Waals surface area contributed by atoms with E-state index in [0.717, 1.165) is 0 Å². The van der Waals surface area contributed by atoms with Gasteiger partial charge in [-0.1, -0.05) is 38.0 Å². The molecular formula is C11H15N3. The summed E-state index contributed by atoms with van der Waals surface area (Å²) in [6.07, 6.45) is 0. The molecule has 1 aromatic rings. The van der Waals surface area contributed by atoms with Crippen molar-refractivity contribution in [1.82, 2.24) is 0 Å². The second kappa shape index (κ2) is 3.72. The molecule has 0 aliphatic heterocycles. The van der Waals surface area contributed by atoms with Gasteiger partial charge in [0.25, 0.3) is 0 Å². The van der Waals surface area contributed by atoms with Gasteiger partial charge in [0.15, 0.2) is 0 Å². The summed E-state index contributed by atoms with van der Waals surface area (Å²) in [5.41, 5.74) is 11.6. The summed E-state index contributed by atoms with van der Waals surface area (Å²) in [5.74, 6) is 0. The van der Waals surface area contributed by atoms with Gasteiger partial charge in [-0.3, -0.25) is 0 Å². The van der Waals surface area contributed by atoms with E-state index >= 15 is 0 Å². The zero-order valence-electron chi connectivity index (χ0n) is 9.07. The van der Waals surface area contributed by atoms with Crippen molar-refractivity contribution in [3.63, 3.8) is 0 Å². The van der Waals surface area contributed by atoms with Gasteiger partial charge in [0.1, 0.15) is 0 Å². The van der Waals surface area contributed by atoms with Crippen molar-refractivity contribution in [2.75, 3.05) is 0 Å².